The van der Waals surface area contributed by atoms with E-state index in [1.165, 1.54) is 4.90 Å². The number of aromatic nitrogens is 1. The number of hydrogen-bond acceptors (Lipinski definition) is 3. The van der Waals surface area contributed by atoms with Crippen LogP contribution < -0.4 is 5.73 Å². The Kier molecular flexibility index (Phi) is 3.12. The number of rotatable bonds is 3. The maximum Gasteiger partial charge on any atom is 0.0403 e. The van der Waals surface area contributed by atoms with Crippen LogP contribution in [0, 0.1) is 0 Å². The van der Waals surface area contributed by atoms with Gasteiger partial charge in [-0.2, -0.15) is 0 Å². The summed E-state index contributed by atoms with van der Waals surface area (Å²) in [6.07, 6.45) is 3.63. The molecule has 1 rings (SSSR count). The van der Waals surface area contributed by atoms with E-state index in [1.807, 2.05) is 32.2 Å². The molecule has 0 spiro atoms. The molecular weight excluding hydrogens is 168 g/mol. The van der Waals surface area contributed by atoms with Crippen molar-refractivity contribution in [2.75, 3.05) is 5.75 Å². The first-order valence-electron chi connectivity index (χ1n) is 3.90. The second-order valence-corrected chi connectivity index (χ2v) is 4.51. The molecule has 1 aromatic heterocycles. The first-order chi connectivity index (χ1) is 5.58. The predicted molar refractivity (Wildman–Crippen MR) is 53.2 cm³/mol. The highest BCUT2D eigenvalue weighted by atomic mass is 32.2. The minimum Gasteiger partial charge on any atom is -0.325 e. The number of pyridine rings is 1. The van der Waals surface area contributed by atoms with E-state index < -0.39 is 0 Å². The van der Waals surface area contributed by atoms with Gasteiger partial charge in [-0.15, -0.1) is 11.8 Å². The average molecular weight is 182 g/mol. The van der Waals surface area contributed by atoms with Crippen LogP contribution in [0.15, 0.2) is 29.4 Å². The third kappa shape index (κ3) is 3.74. The summed E-state index contributed by atoms with van der Waals surface area (Å²) in [5, 5.41) is 0. The molecule has 1 aromatic rings. The molecule has 0 aliphatic heterocycles. The summed E-state index contributed by atoms with van der Waals surface area (Å²) in [5.41, 5.74) is 5.73. The van der Waals surface area contributed by atoms with Gasteiger partial charge in [-0.05, 0) is 26.0 Å². The van der Waals surface area contributed by atoms with Crippen molar-refractivity contribution in [2.24, 2.45) is 5.73 Å². The molecule has 66 valence electrons. The molecule has 12 heavy (non-hydrogen) atoms. The second-order valence-electron chi connectivity index (χ2n) is 3.47. The SMILES string of the molecule is CC(C)(N)CSc1cccnc1. The van der Waals surface area contributed by atoms with Crippen molar-refractivity contribution in [3.63, 3.8) is 0 Å². The van der Waals surface area contributed by atoms with Gasteiger partial charge < -0.3 is 5.73 Å². The second kappa shape index (κ2) is 3.92. The first-order valence-corrected chi connectivity index (χ1v) is 4.88. The van der Waals surface area contributed by atoms with Crippen LogP contribution >= 0.6 is 11.8 Å². The Labute approximate surface area is 77.6 Å². The summed E-state index contributed by atoms with van der Waals surface area (Å²) in [6, 6.07) is 3.98. The van der Waals surface area contributed by atoms with E-state index in [9.17, 15) is 0 Å². The normalized spacial score (nSPS) is 11.6. The van der Waals surface area contributed by atoms with Crippen LogP contribution in [0.5, 0.6) is 0 Å². The number of hydrogen-bond donors (Lipinski definition) is 1. The average Bonchev–Trinajstić information content (AvgIpc) is 2.02. The van der Waals surface area contributed by atoms with Crippen molar-refractivity contribution in [3.8, 4) is 0 Å². The van der Waals surface area contributed by atoms with Crippen molar-refractivity contribution < 1.29 is 0 Å². The molecule has 0 bridgehead atoms. The summed E-state index contributed by atoms with van der Waals surface area (Å²) >= 11 is 1.74. The van der Waals surface area contributed by atoms with Crippen LogP contribution in [0.4, 0.5) is 0 Å². The molecule has 3 heteroatoms. The molecule has 2 N–H and O–H groups in total. The molecule has 0 aromatic carbocycles. The molecule has 0 amide bonds. The fourth-order valence-corrected chi connectivity index (χ4v) is 1.55. The molecule has 0 saturated carbocycles. The Morgan fingerprint density at radius 3 is 2.83 bits per heavy atom. The van der Waals surface area contributed by atoms with Crippen LogP contribution in [0.1, 0.15) is 13.8 Å². The molecule has 0 aliphatic carbocycles. The van der Waals surface area contributed by atoms with Gasteiger partial charge >= 0.3 is 0 Å². The van der Waals surface area contributed by atoms with E-state index >= 15 is 0 Å². The van der Waals surface area contributed by atoms with Crippen LogP contribution in [0.2, 0.25) is 0 Å². The van der Waals surface area contributed by atoms with E-state index in [2.05, 4.69) is 4.98 Å². The van der Waals surface area contributed by atoms with E-state index in [0.717, 1.165) is 5.75 Å². The minimum atomic E-state index is -0.111. The monoisotopic (exact) mass is 182 g/mol. The van der Waals surface area contributed by atoms with E-state index in [4.69, 9.17) is 5.73 Å². The van der Waals surface area contributed by atoms with Gasteiger partial charge in [-0.25, -0.2) is 0 Å². The van der Waals surface area contributed by atoms with Gasteiger partial charge in [0, 0.05) is 28.6 Å². The fraction of sp³-hybridized carbons (Fsp3) is 0.444. The van der Waals surface area contributed by atoms with Gasteiger partial charge in [0.05, 0.1) is 0 Å². The van der Waals surface area contributed by atoms with Crippen LogP contribution in [-0.2, 0) is 0 Å². The molecular formula is C9H14N2S. The molecule has 0 saturated heterocycles. The van der Waals surface area contributed by atoms with Crippen molar-refractivity contribution >= 4 is 11.8 Å². The van der Waals surface area contributed by atoms with Gasteiger partial charge in [-0.1, -0.05) is 0 Å². The largest absolute Gasteiger partial charge is 0.325 e. The highest BCUT2D eigenvalue weighted by molar-refractivity contribution is 7.99. The Bertz CT molecular complexity index is 228. The van der Waals surface area contributed by atoms with Crippen molar-refractivity contribution in [3.05, 3.63) is 24.5 Å². The lowest BCUT2D eigenvalue weighted by molar-refractivity contribution is 0.591. The Hall–Kier alpha value is -0.540. The lowest BCUT2D eigenvalue weighted by Gasteiger charge is -2.17. The number of thioether (sulfide) groups is 1. The molecule has 0 radical (unpaired) electrons. The van der Waals surface area contributed by atoms with Crippen LogP contribution in [-0.4, -0.2) is 16.3 Å². The van der Waals surface area contributed by atoms with Gasteiger partial charge in [0.15, 0.2) is 0 Å². The summed E-state index contributed by atoms with van der Waals surface area (Å²) in [7, 11) is 0. The zero-order valence-corrected chi connectivity index (χ0v) is 8.27. The smallest absolute Gasteiger partial charge is 0.0403 e. The van der Waals surface area contributed by atoms with Gasteiger partial charge in [-0.3, -0.25) is 4.98 Å². The quantitative estimate of drug-likeness (QED) is 0.726. The fourth-order valence-electron chi connectivity index (χ4n) is 0.702. The van der Waals surface area contributed by atoms with Crippen molar-refractivity contribution in [1.82, 2.24) is 4.98 Å². The highest BCUT2D eigenvalue weighted by Crippen LogP contribution is 2.19. The first kappa shape index (κ1) is 9.55. The third-order valence-corrected chi connectivity index (χ3v) is 2.71. The molecule has 0 unspecified atom stereocenters. The maximum absolute atomic E-state index is 5.84. The lowest BCUT2D eigenvalue weighted by Crippen LogP contribution is -2.34. The molecule has 2 nitrogen and oxygen atoms in total. The van der Waals surface area contributed by atoms with Gasteiger partial charge in [0.2, 0.25) is 0 Å². The van der Waals surface area contributed by atoms with Gasteiger partial charge in [0.25, 0.3) is 0 Å². The van der Waals surface area contributed by atoms with Crippen LogP contribution in [0.25, 0.3) is 0 Å². The molecule has 0 atom stereocenters. The maximum atomic E-state index is 5.84. The summed E-state index contributed by atoms with van der Waals surface area (Å²) in [4.78, 5) is 5.20. The summed E-state index contributed by atoms with van der Waals surface area (Å²) in [5.74, 6) is 0.915. The molecule has 0 fully saturated rings. The lowest BCUT2D eigenvalue weighted by atomic mass is 10.1. The van der Waals surface area contributed by atoms with E-state index in [1.54, 1.807) is 18.0 Å². The van der Waals surface area contributed by atoms with E-state index in [-0.39, 0.29) is 5.54 Å². The van der Waals surface area contributed by atoms with Gasteiger partial charge in [0.1, 0.15) is 0 Å². The topological polar surface area (TPSA) is 38.9 Å². The zero-order valence-electron chi connectivity index (χ0n) is 7.45. The Morgan fingerprint density at radius 2 is 2.33 bits per heavy atom. The van der Waals surface area contributed by atoms with Crippen LogP contribution in [0.3, 0.4) is 0 Å². The Morgan fingerprint density at radius 1 is 1.58 bits per heavy atom. The van der Waals surface area contributed by atoms with E-state index in [0.29, 0.717) is 0 Å². The predicted octanol–water partition coefficient (Wildman–Crippen LogP) is 1.91. The standard InChI is InChI=1S/C9H14N2S/c1-9(2,10)7-12-8-4-3-5-11-6-8/h3-6H,7,10H2,1-2H3. The number of nitrogens with two attached hydrogens (primary N) is 1. The zero-order chi connectivity index (χ0) is 9.03. The third-order valence-electron chi connectivity index (χ3n) is 1.25. The summed E-state index contributed by atoms with van der Waals surface area (Å²) in [6.45, 7) is 4.05. The van der Waals surface area contributed by atoms with Crippen molar-refractivity contribution in [2.45, 2.75) is 24.3 Å². The van der Waals surface area contributed by atoms with Crippen molar-refractivity contribution in [1.29, 1.82) is 0 Å². The summed E-state index contributed by atoms with van der Waals surface area (Å²) < 4.78 is 0. The minimum absolute atomic E-state index is 0.111. The Balaban J connectivity index is 2.44. The highest BCUT2D eigenvalue weighted by Gasteiger charge is 2.10. The molecule has 0 aliphatic rings. The molecule has 1 heterocycles. The number of nitrogens with zero attached hydrogens (tertiary/aromatic N) is 1.